The van der Waals surface area contributed by atoms with Gasteiger partial charge in [0.15, 0.2) is 0 Å². The number of fused-ring (bicyclic) bond motifs is 6. The molecule has 0 unspecified atom stereocenters. The minimum atomic E-state index is -1.88. The van der Waals surface area contributed by atoms with Crippen molar-refractivity contribution in [3.8, 4) is 5.75 Å². The van der Waals surface area contributed by atoms with E-state index >= 15 is 0 Å². The predicted octanol–water partition coefficient (Wildman–Crippen LogP) is 10.5. The Kier molecular flexibility index (Phi) is 11.2. The number of nitrogens with one attached hydrogen (secondary N) is 1. The van der Waals surface area contributed by atoms with Crippen LogP contribution in [0.5, 0.6) is 5.75 Å². The highest BCUT2D eigenvalue weighted by atomic mass is 35.5. The molecule has 2 aliphatic heterocycles. The number of nitrogens with two attached hydrogens (primary N) is 1. The number of rotatable bonds is 14. The van der Waals surface area contributed by atoms with Gasteiger partial charge >= 0.3 is 8.60 Å². The Labute approximate surface area is 377 Å². The number of amides is 3. The Morgan fingerprint density at radius 1 is 0.683 bits per heavy atom. The highest BCUT2D eigenvalue weighted by molar-refractivity contribution is 7.42. The molecule has 3 N–H and O–H groups in total. The fourth-order valence-electron chi connectivity index (χ4n) is 10.3. The maximum Gasteiger partial charge on any atom is 0.397 e. The maximum absolute atomic E-state index is 14.9. The average Bonchev–Trinajstić information content (AvgIpc) is 3.85. The first-order valence-corrected chi connectivity index (χ1v) is 23.5. The van der Waals surface area contributed by atoms with Gasteiger partial charge in [0.2, 0.25) is 17.7 Å². The van der Waals surface area contributed by atoms with Crippen LogP contribution in [-0.4, -0.2) is 48.6 Å². The molecule has 11 rings (SSSR count). The summed E-state index contributed by atoms with van der Waals surface area (Å²) in [6.07, 6.45) is 1.37. The zero-order valence-electron chi connectivity index (χ0n) is 34.8. The number of nitrogens with zero attached hydrogens (tertiary/aromatic N) is 2. The van der Waals surface area contributed by atoms with Crippen molar-refractivity contribution < 1.29 is 28.0 Å². The lowest BCUT2D eigenvalue weighted by Gasteiger charge is -2.69. The van der Waals surface area contributed by atoms with E-state index in [1.807, 2.05) is 125 Å². The Balaban J connectivity index is 0.923. The summed E-state index contributed by atoms with van der Waals surface area (Å²) in [5, 5.41) is 6.63. The van der Waals surface area contributed by atoms with Gasteiger partial charge in [-0.05, 0) is 65.3 Å². The van der Waals surface area contributed by atoms with Crippen molar-refractivity contribution in [3.63, 3.8) is 0 Å². The average molecular weight is 902 g/mol. The topological polar surface area (TPSA) is 123 Å². The van der Waals surface area contributed by atoms with E-state index in [9.17, 15) is 14.4 Å². The largest absolute Gasteiger partial charge is 0.426 e. The Bertz CT molecular complexity index is 2690. The highest BCUT2D eigenvalue weighted by Gasteiger charge is 2.76. The molecule has 13 heteroatoms. The molecule has 10 nitrogen and oxygen atoms in total. The van der Waals surface area contributed by atoms with Crippen molar-refractivity contribution in [2.75, 3.05) is 40.0 Å². The Morgan fingerprint density at radius 3 is 1.62 bits per heavy atom. The summed E-state index contributed by atoms with van der Waals surface area (Å²) in [5.74, 6) is 0.710. The molecule has 6 aromatic carbocycles. The van der Waals surface area contributed by atoms with E-state index in [-0.39, 0.29) is 29.6 Å². The molecule has 5 aliphatic rings. The summed E-state index contributed by atoms with van der Waals surface area (Å²) in [4.78, 5) is 46.2. The lowest BCUT2D eigenvalue weighted by molar-refractivity contribution is -0.204. The molecule has 63 heavy (non-hydrogen) atoms. The van der Waals surface area contributed by atoms with Crippen molar-refractivity contribution in [3.05, 3.63) is 144 Å². The second kappa shape index (κ2) is 16.8. The molecule has 2 bridgehead atoms. The zero-order chi connectivity index (χ0) is 43.5. The van der Waals surface area contributed by atoms with Crippen molar-refractivity contribution >= 4 is 88.1 Å². The number of anilines is 3. The molecule has 3 amide bonds. The molecule has 3 fully saturated rings. The van der Waals surface area contributed by atoms with E-state index < -0.39 is 25.5 Å². The van der Waals surface area contributed by atoms with Crippen LogP contribution >= 0.6 is 31.8 Å². The van der Waals surface area contributed by atoms with E-state index in [0.29, 0.717) is 68.8 Å². The lowest BCUT2D eigenvalue weighted by atomic mass is 9.34. The molecular formula is C50H47Cl2N4O6P. The summed E-state index contributed by atoms with van der Waals surface area (Å²) < 4.78 is 19.4. The smallest absolute Gasteiger partial charge is 0.397 e. The van der Waals surface area contributed by atoms with Crippen molar-refractivity contribution in [1.29, 1.82) is 0 Å². The lowest BCUT2D eigenvalue weighted by Crippen LogP contribution is -2.73. The van der Waals surface area contributed by atoms with Gasteiger partial charge in [-0.3, -0.25) is 23.4 Å². The zero-order valence-corrected chi connectivity index (χ0v) is 37.2. The molecule has 3 saturated carbocycles. The van der Waals surface area contributed by atoms with Crippen LogP contribution in [0.25, 0.3) is 21.5 Å². The Hall–Kier alpha value is -5.06. The molecule has 2 heterocycles. The van der Waals surface area contributed by atoms with Gasteiger partial charge in [0, 0.05) is 59.2 Å². The van der Waals surface area contributed by atoms with Crippen LogP contribution in [0, 0.1) is 10.8 Å². The number of benzene rings is 6. The van der Waals surface area contributed by atoms with E-state index in [1.54, 1.807) is 6.92 Å². The predicted molar refractivity (Wildman–Crippen MR) is 251 cm³/mol. The summed E-state index contributed by atoms with van der Waals surface area (Å²) in [7, 11) is -1.88. The number of carbonyl (C=O) groups excluding carboxylic acids is 3. The summed E-state index contributed by atoms with van der Waals surface area (Å²) in [5.41, 5.74) is 10.7. The molecule has 322 valence electrons. The van der Waals surface area contributed by atoms with Crippen molar-refractivity contribution in [2.24, 2.45) is 16.6 Å². The molecule has 6 aromatic rings. The second-order valence-electron chi connectivity index (χ2n) is 17.5. The summed E-state index contributed by atoms with van der Waals surface area (Å²) in [6.45, 7) is 3.08. The van der Waals surface area contributed by atoms with Gasteiger partial charge in [-0.2, -0.15) is 0 Å². The minimum Gasteiger partial charge on any atom is -0.426 e. The van der Waals surface area contributed by atoms with Crippen LogP contribution in [-0.2, 0) is 36.6 Å². The molecule has 0 spiro atoms. The van der Waals surface area contributed by atoms with Gasteiger partial charge in [-0.25, -0.2) is 0 Å². The van der Waals surface area contributed by atoms with E-state index in [2.05, 4.69) is 11.4 Å². The number of alkyl halides is 2. The van der Waals surface area contributed by atoms with Crippen LogP contribution in [0.2, 0.25) is 0 Å². The van der Waals surface area contributed by atoms with Gasteiger partial charge < -0.3 is 25.4 Å². The van der Waals surface area contributed by atoms with Crippen LogP contribution in [0.3, 0.4) is 0 Å². The van der Waals surface area contributed by atoms with Gasteiger partial charge in [-0.1, -0.05) is 109 Å². The molecular weight excluding hydrogens is 854 g/mol. The van der Waals surface area contributed by atoms with Gasteiger partial charge in [0.1, 0.15) is 5.75 Å². The third kappa shape index (κ3) is 7.35. The van der Waals surface area contributed by atoms with Crippen molar-refractivity contribution in [1.82, 2.24) is 0 Å². The highest BCUT2D eigenvalue weighted by Crippen LogP contribution is 2.75. The molecule has 0 saturated heterocycles. The standard InChI is InChI=1S/C50H47Cl2N4O6P/c1-31(53)46(57)54-40-20-41-44(38-18-10-8-16-36(38)40)34(22-51)24-55(41)47(58)49-28-50(29-49,30-49)48(59)56-25-35(23-52)45-39-19-11-9-17-37(39)43(21-42(45)56)62-63(60-26-32-12-4-2-5-13-32)61-27-33-14-6-3-7-15-33/h2-21,31,34-35H,22-30,53H2,1H3,(H,54,57)/t31-,34+,35+,49?,50?/m0/s1. The van der Waals surface area contributed by atoms with Gasteiger partial charge in [-0.15, -0.1) is 23.2 Å². The second-order valence-corrected chi connectivity index (χ2v) is 19.3. The van der Waals surface area contributed by atoms with Crippen LogP contribution in [0.1, 0.15) is 60.3 Å². The number of hydrogen-bond donors (Lipinski definition) is 2. The quantitative estimate of drug-likeness (QED) is 0.0824. The monoisotopic (exact) mass is 900 g/mol. The first-order chi connectivity index (χ1) is 30.6. The van der Waals surface area contributed by atoms with E-state index in [0.717, 1.165) is 55.2 Å². The first-order valence-electron chi connectivity index (χ1n) is 21.4. The normalized spacial score (nSPS) is 22.4. The summed E-state index contributed by atoms with van der Waals surface area (Å²) >= 11 is 13.3. The fraction of sp³-hybridized carbons (Fsp3) is 0.300. The molecule has 3 atom stereocenters. The van der Waals surface area contributed by atoms with Crippen molar-refractivity contribution in [2.45, 2.75) is 57.3 Å². The molecule has 0 aromatic heterocycles. The SMILES string of the molecule is C[C@H](N)C(=O)Nc1cc2c(c3ccccc13)[C@H](CCl)CN2C(=O)C12CC(C(=O)N3C[C@@H](CCl)c4c3cc(OP(OCc3ccccc3)OCc3ccccc3)c3ccccc43)(C1)C2. The number of carbonyl (C=O) groups is 3. The van der Waals surface area contributed by atoms with Crippen LogP contribution < -0.4 is 25.4 Å². The van der Waals surface area contributed by atoms with Crippen LogP contribution in [0.15, 0.2) is 121 Å². The fourth-order valence-corrected chi connectivity index (χ4v) is 11.8. The number of halogens is 2. The molecule has 3 aliphatic carbocycles. The molecule has 0 radical (unpaired) electrons. The van der Waals surface area contributed by atoms with E-state index in [4.69, 9.17) is 42.5 Å². The van der Waals surface area contributed by atoms with Crippen LogP contribution in [0.4, 0.5) is 17.1 Å². The third-order valence-electron chi connectivity index (χ3n) is 13.3. The van der Waals surface area contributed by atoms with E-state index in [1.165, 1.54) is 0 Å². The van der Waals surface area contributed by atoms with Gasteiger partial charge in [0.25, 0.3) is 0 Å². The minimum absolute atomic E-state index is 0.00236. The van der Waals surface area contributed by atoms with Gasteiger partial charge in [0.05, 0.1) is 41.5 Å². The summed E-state index contributed by atoms with van der Waals surface area (Å²) in [6, 6.07) is 38.8. The first kappa shape index (κ1) is 41.9. The third-order valence-corrected chi connectivity index (χ3v) is 15.1. The Morgan fingerprint density at radius 2 is 1.13 bits per heavy atom. The maximum atomic E-state index is 14.9. The number of hydrogen-bond acceptors (Lipinski definition) is 7.